The van der Waals surface area contributed by atoms with E-state index in [0.29, 0.717) is 5.75 Å². The Hall–Kier alpha value is -0.850. The Kier molecular flexibility index (Phi) is 6.43. The molecular weight excluding hydrogens is 296 g/mol. The third-order valence-electron chi connectivity index (χ3n) is 2.93. The zero-order chi connectivity index (χ0) is 16.2. The summed E-state index contributed by atoms with van der Waals surface area (Å²) in [5.41, 5.74) is 1.88. The summed E-state index contributed by atoms with van der Waals surface area (Å²) in [7, 11) is 0. The molecule has 0 amide bonds. The number of aryl methyl sites for hydroxylation is 1. The van der Waals surface area contributed by atoms with Crippen molar-refractivity contribution < 1.29 is 18.1 Å². The molecule has 0 unspecified atom stereocenters. The summed E-state index contributed by atoms with van der Waals surface area (Å²) in [5, 5.41) is 0. The van der Waals surface area contributed by atoms with Crippen molar-refractivity contribution in [3.8, 4) is 5.75 Å². The van der Waals surface area contributed by atoms with Gasteiger partial charge in [-0.25, -0.2) is 8.78 Å². The summed E-state index contributed by atoms with van der Waals surface area (Å²) in [5.74, 6) is 0.395. The standard InChI is InChI=1S/C15H23F2NO2S/c1-10-6-7-12(20-9-14(16)17)8-13(10)11(2)18-21(19)15(3,4)5/h6-8,11,14,18H,9H2,1-5H3/t11-,21-/m1/s1. The van der Waals surface area contributed by atoms with Crippen molar-refractivity contribution in [2.24, 2.45) is 0 Å². The van der Waals surface area contributed by atoms with Crippen LogP contribution in [-0.4, -0.2) is 22.3 Å². The van der Waals surface area contributed by atoms with Crippen LogP contribution in [0.5, 0.6) is 5.75 Å². The van der Waals surface area contributed by atoms with Crippen molar-refractivity contribution in [1.82, 2.24) is 4.72 Å². The molecule has 120 valence electrons. The maximum Gasteiger partial charge on any atom is 0.272 e. The topological polar surface area (TPSA) is 44.3 Å². The lowest BCUT2D eigenvalue weighted by Gasteiger charge is -2.27. The minimum Gasteiger partial charge on any atom is -0.598 e. The predicted octanol–water partition coefficient (Wildman–Crippen LogP) is 3.75. The van der Waals surface area contributed by atoms with E-state index in [1.54, 1.807) is 12.1 Å². The van der Waals surface area contributed by atoms with Crippen molar-refractivity contribution in [1.29, 1.82) is 0 Å². The first kappa shape index (κ1) is 18.2. The first-order chi connectivity index (χ1) is 9.61. The van der Waals surface area contributed by atoms with Crippen LogP contribution in [0.2, 0.25) is 0 Å². The molecule has 0 radical (unpaired) electrons. The Balaban J connectivity index is 2.83. The molecule has 0 fully saturated rings. The van der Waals surface area contributed by atoms with E-state index < -0.39 is 24.4 Å². The van der Waals surface area contributed by atoms with E-state index in [1.165, 1.54) is 0 Å². The van der Waals surface area contributed by atoms with E-state index in [0.717, 1.165) is 11.1 Å². The normalized spacial score (nSPS) is 15.1. The Labute approximate surface area is 128 Å². The first-order valence-electron chi connectivity index (χ1n) is 6.81. The van der Waals surface area contributed by atoms with E-state index in [-0.39, 0.29) is 10.8 Å². The van der Waals surface area contributed by atoms with Gasteiger partial charge in [0.1, 0.15) is 17.1 Å². The van der Waals surface area contributed by atoms with Crippen LogP contribution in [0.1, 0.15) is 44.9 Å². The van der Waals surface area contributed by atoms with Gasteiger partial charge in [0, 0.05) is 11.4 Å². The molecule has 1 rings (SSSR count). The van der Waals surface area contributed by atoms with Gasteiger partial charge in [-0.05, 0) is 57.9 Å². The molecular formula is C15H23F2NO2S. The molecule has 1 N–H and O–H groups in total. The summed E-state index contributed by atoms with van der Waals surface area (Å²) in [6.45, 7) is 8.85. The molecule has 0 aliphatic rings. The molecule has 0 bridgehead atoms. The predicted molar refractivity (Wildman–Crippen MR) is 82.1 cm³/mol. The zero-order valence-corrected chi connectivity index (χ0v) is 13.9. The largest absolute Gasteiger partial charge is 0.598 e. The van der Waals surface area contributed by atoms with Crippen molar-refractivity contribution in [2.75, 3.05) is 6.61 Å². The highest BCUT2D eigenvalue weighted by atomic mass is 32.2. The second-order valence-corrected chi connectivity index (χ2v) is 7.94. The molecule has 0 spiro atoms. The summed E-state index contributed by atoms with van der Waals surface area (Å²) < 4.78 is 44.2. The Morgan fingerprint density at radius 1 is 1.33 bits per heavy atom. The van der Waals surface area contributed by atoms with E-state index >= 15 is 0 Å². The van der Waals surface area contributed by atoms with E-state index in [2.05, 4.69) is 4.72 Å². The summed E-state index contributed by atoms with van der Waals surface area (Å²) in [6.07, 6.45) is -2.50. The third kappa shape index (κ3) is 5.80. The lowest BCUT2D eigenvalue weighted by molar-refractivity contribution is 0.0818. The lowest BCUT2D eigenvalue weighted by Crippen LogP contribution is -2.40. The van der Waals surface area contributed by atoms with Gasteiger partial charge in [0.2, 0.25) is 0 Å². The van der Waals surface area contributed by atoms with Crippen LogP contribution in [0, 0.1) is 6.92 Å². The van der Waals surface area contributed by atoms with Gasteiger partial charge < -0.3 is 9.29 Å². The maximum absolute atomic E-state index is 12.2. The number of halogens is 2. The van der Waals surface area contributed by atoms with Gasteiger partial charge >= 0.3 is 0 Å². The molecule has 1 aromatic rings. The highest BCUT2D eigenvalue weighted by molar-refractivity contribution is 7.90. The molecule has 0 heterocycles. The average molecular weight is 319 g/mol. The number of alkyl halides is 2. The summed E-state index contributed by atoms with van der Waals surface area (Å²) >= 11 is -1.20. The van der Waals surface area contributed by atoms with Crippen LogP contribution in [0.3, 0.4) is 0 Å². The second-order valence-electron chi connectivity index (χ2n) is 5.94. The molecule has 6 heteroatoms. The van der Waals surface area contributed by atoms with E-state index in [9.17, 15) is 13.3 Å². The number of nitrogens with one attached hydrogen (secondary N) is 1. The summed E-state index contributed by atoms with van der Waals surface area (Å²) in [4.78, 5) is 0. The highest BCUT2D eigenvalue weighted by Gasteiger charge is 2.28. The van der Waals surface area contributed by atoms with Gasteiger partial charge in [-0.1, -0.05) is 6.07 Å². The van der Waals surface area contributed by atoms with Gasteiger partial charge in [0.25, 0.3) is 6.43 Å². The van der Waals surface area contributed by atoms with Crippen molar-refractivity contribution in [3.05, 3.63) is 29.3 Å². The van der Waals surface area contributed by atoms with Crippen molar-refractivity contribution in [2.45, 2.75) is 51.8 Å². The molecule has 3 nitrogen and oxygen atoms in total. The fourth-order valence-corrected chi connectivity index (χ4v) is 2.54. The van der Waals surface area contributed by atoms with Crippen LogP contribution in [0.4, 0.5) is 8.78 Å². The average Bonchev–Trinajstić information content (AvgIpc) is 2.36. The number of benzene rings is 1. The Bertz CT molecular complexity index is 463. The summed E-state index contributed by atoms with van der Waals surface area (Å²) in [6, 6.07) is 5.03. The van der Waals surface area contributed by atoms with Crippen LogP contribution in [0.15, 0.2) is 18.2 Å². The molecule has 1 aromatic carbocycles. The molecule has 0 saturated heterocycles. The SMILES string of the molecule is Cc1ccc(OCC(F)F)cc1[C@@H](C)N[S@+]([O-])C(C)(C)C. The van der Waals surface area contributed by atoms with E-state index in [1.807, 2.05) is 40.7 Å². The number of hydrogen-bond donors (Lipinski definition) is 1. The molecule has 0 aliphatic heterocycles. The number of hydrogen-bond acceptors (Lipinski definition) is 3. The molecule has 0 aromatic heterocycles. The second kappa shape index (κ2) is 7.42. The lowest BCUT2D eigenvalue weighted by atomic mass is 10.0. The van der Waals surface area contributed by atoms with Gasteiger partial charge in [-0.15, -0.1) is 4.72 Å². The smallest absolute Gasteiger partial charge is 0.272 e. The number of ether oxygens (including phenoxy) is 1. The molecule has 0 aliphatic carbocycles. The first-order valence-corrected chi connectivity index (χ1v) is 7.95. The van der Waals surface area contributed by atoms with Crippen LogP contribution < -0.4 is 9.46 Å². The van der Waals surface area contributed by atoms with Crippen molar-refractivity contribution in [3.63, 3.8) is 0 Å². The maximum atomic E-state index is 12.2. The fraction of sp³-hybridized carbons (Fsp3) is 0.600. The van der Waals surface area contributed by atoms with Gasteiger partial charge in [-0.3, -0.25) is 0 Å². The quantitative estimate of drug-likeness (QED) is 0.812. The molecule has 21 heavy (non-hydrogen) atoms. The van der Waals surface area contributed by atoms with Crippen LogP contribution in [-0.2, 0) is 11.4 Å². The fourth-order valence-electron chi connectivity index (χ4n) is 1.73. The minimum atomic E-state index is -2.50. The molecule has 2 atom stereocenters. The van der Waals surface area contributed by atoms with Crippen LogP contribution in [0.25, 0.3) is 0 Å². The van der Waals surface area contributed by atoms with Gasteiger partial charge in [0.15, 0.2) is 0 Å². The number of rotatable bonds is 6. The van der Waals surface area contributed by atoms with Crippen LogP contribution >= 0.6 is 0 Å². The Morgan fingerprint density at radius 3 is 2.48 bits per heavy atom. The monoisotopic (exact) mass is 319 g/mol. The van der Waals surface area contributed by atoms with Gasteiger partial charge in [0.05, 0.1) is 6.04 Å². The van der Waals surface area contributed by atoms with Gasteiger partial charge in [-0.2, -0.15) is 0 Å². The zero-order valence-electron chi connectivity index (χ0n) is 13.1. The highest BCUT2D eigenvalue weighted by Crippen LogP contribution is 2.26. The molecule has 0 saturated carbocycles. The Morgan fingerprint density at radius 2 is 1.95 bits per heavy atom. The van der Waals surface area contributed by atoms with Crippen molar-refractivity contribution >= 4 is 11.4 Å². The minimum absolute atomic E-state index is 0.167. The van der Waals surface area contributed by atoms with E-state index in [4.69, 9.17) is 4.74 Å². The third-order valence-corrected chi connectivity index (χ3v) is 4.61.